The summed E-state index contributed by atoms with van der Waals surface area (Å²) >= 11 is 1.51. The smallest absolute Gasteiger partial charge is 0.251 e. The highest BCUT2D eigenvalue weighted by Crippen LogP contribution is 2.15. The number of rotatable bonds is 4. The van der Waals surface area contributed by atoms with Crippen LogP contribution in [-0.2, 0) is 0 Å². The first-order valence-corrected chi connectivity index (χ1v) is 6.45. The molecule has 0 fully saturated rings. The summed E-state index contributed by atoms with van der Waals surface area (Å²) in [4.78, 5) is 11.8. The lowest BCUT2D eigenvalue weighted by Crippen LogP contribution is -2.28. The number of nitrogen functional groups attached to an aromatic ring is 1. The minimum absolute atomic E-state index is 0.194. The number of thiophene rings is 1. The van der Waals surface area contributed by atoms with Gasteiger partial charge in [-0.25, -0.2) is 0 Å². The molecule has 0 spiro atoms. The molecule has 18 heavy (non-hydrogen) atoms. The molecule has 0 aliphatic carbocycles. The Hall–Kier alpha value is -1.85. The summed E-state index contributed by atoms with van der Waals surface area (Å²) in [6, 6.07) is 8.49. The molecule has 1 aromatic carbocycles. The summed E-state index contributed by atoms with van der Waals surface area (Å²) in [5, 5.41) is 16.3. The molecule has 1 aromatic heterocycles. The van der Waals surface area contributed by atoms with Crippen LogP contribution in [0.4, 0.5) is 5.69 Å². The number of aliphatic hydroxyl groups is 1. The molecule has 0 saturated heterocycles. The Bertz CT molecular complexity index is 508. The van der Waals surface area contributed by atoms with Crippen molar-refractivity contribution >= 4 is 22.9 Å². The maximum absolute atomic E-state index is 11.8. The van der Waals surface area contributed by atoms with Gasteiger partial charge in [-0.2, -0.15) is 11.3 Å². The third-order valence-corrected chi connectivity index (χ3v) is 3.26. The number of hydrogen-bond donors (Lipinski definition) is 3. The number of anilines is 1. The van der Waals surface area contributed by atoms with Crippen molar-refractivity contribution in [1.82, 2.24) is 5.32 Å². The molecule has 0 radical (unpaired) electrons. The van der Waals surface area contributed by atoms with Crippen LogP contribution in [0.3, 0.4) is 0 Å². The molecule has 4 nitrogen and oxygen atoms in total. The first-order chi connectivity index (χ1) is 8.66. The largest absolute Gasteiger partial charge is 0.399 e. The van der Waals surface area contributed by atoms with Crippen LogP contribution >= 0.6 is 11.3 Å². The minimum Gasteiger partial charge on any atom is -0.399 e. The van der Waals surface area contributed by atoms with Gasteiger partial charge in [0.2, 0.25) is 0 Å². The van der Waals surface area contributed by atoms with Gasteiger partial charge in [0, 0.05) is 17.8 Å². The van der Waals surface area contributed by atoms with E-state index in [4.69, 9.17) is 5.73 Å². The van der Waals surface area contributed by atoms with Crippen molar-refractivity contribution in [3.05, 3.63) is 52.2 Å². The van der Waals surface area contributed by atoms with Gasteiger partial charge in [-0.3, -0.25) is 4.79 Å². The quantitative estimate of drug-likeness (QED) is 0.735. The van der Waals surface area contributed by atoms with Crippen LogP contribution in [0, 0.1) is 0 Å². The molecule has 2 aromatic rings. The van der Waals surface area contributed by atoms with E-state index in [9.17, 15) is 9.90 Å². The van der Waals surface area contributed by atoms with Gasteiger partial charge in [0.05, 0.1) is 6.10 Å². The van der Waals surface area contributed by atoms with Crippen molar-refractivity contribution in [2.24, 2.45) is 0 Å². The lowest BCUT2D eigenvalue weighted by atomic mass is 10.1. The van der Waals surface area contributed by atoms with Crippen molar-refractivity contribution in [2.75, 3.05) is 12.3 Å². The van der Waals surface area contributed by atoms with Crippen LogP contribution in [-0.4, -0.2) is 17.6 Å². The maximum Gasteiger partial charge on any atom is 0.251 e. The predicted molar refractivity (Wildman–Crippen MR) is 72.5 cm³/mol. The lowest BCUT2D eigenvalue weighted by Gasteiger charge is -2.10. The standard InChI is InChI=1S/C13H14N2O2S/c14-11-3-1-9(2-4-11)13(17)15-7-12(16)10-5-6-18-8-10/h1-6,8,12,16H,7,14H2,(H,15,17). The number of carbonyl (C=O) groups is 1. The van der Waals surface area contributed by atoms with Crippen molar-refractivity contribution < 1.29 is 9.90 Å². The van der Waals surface area contributed by atoms with E-state index < -0.39 is 6.10 Å². The zero-order chi connectivity index (χ0) is 13.0. The SMILES string of the molecule is Nc1ccc(C(=O)NCC(O)c2ccsc2)cc1. The minimum atomic E-state index is -0.672. The molecule has 1 amide bonds. The Morgan fingerprint density at radius 3 is 2.67 bits per heavy atom. The Labute approximate surface area is 109 Å². The highest BCUT2D eigenvalue weighted by molar-refractivity contribution is 7.07. The van der Waals surface area contributed by atoms with E-state index in [2.05, 4.69) is 5.32 Å². The second-order valence-electron chi connectivity index (χ2n) is 3.90. The van der Waals surface area contributed by atoms with Crippen molar-refractivity contribution in [2.45, 2.75) is 6.10 Å². The van der Waals surface area contributed by atoms with E-state index in [0.717, 1.165) is 5.56 Å². The molecule has 5 heteroatoms. The van der Waals surface area contributed by atoms with E-state index in [0.29, 0.717) is 11.3 Å². The Morgan fingerprint density at radius 1 is 1.33 bits per heavy atom. The number of hydrogen-bond acceptors (Lipinski definition) is 4. The summed E-state index contributed by atoms with van der Waals surface area (Å²) < 4.78 is 0. The molecular weight excluding hydrogens is 248 g/mol. The van der Waals surface area contributed by atoms with Gasteiger partial charge in [0.1, 0.15) is 0 Å². The summed E-state index contributed by atoms with van der Waals surface area (Å²) in [6.07, 6.45) is -0.672. The monoisotopic (exact) mass is 262 g/mol. The number of carbonyl (C=O) groups excluding carboxylic acids is 1. The van der Waals surface area contributed by atoms with Crippen molar-refractivity contribution in [3.63, 3.8) is 0 Å². The van der Waals surface area contributed by atoms with E-state index in [1.807, 2.05) is 16.8 Å². The summed E-state index contributed by atoms with van der Waals surface area (Å²) in [5.74, 6) is -0.218. The fourth-order valence-corrected chi connectivity index (χ4v) is 2.22. The molecular formula is C13H14N2O2S. The Kier molecular flexibility index (Phi) is 3.96. The van der Waals surface area contributed by atoms with Crippen LogP contribution in [0.15, 0.2) is 41.1 Å². The third kappa shape index (κ3) is 3.09. The first kappa shape index (κ1) is 12.6. The van der Waals surface area contributed by atoms with E-state index in [1.165, 1.54) is 11.3 Å². The van der Waals surface area contributed by atoms with E-state index in [-0.39, 0.29) is 12.5 Å². The molecule has 94 valence electrons. The van der Waals surface area contributed by atoms with Gasteiger partial charge < -0.3 is 16.2 Å². The zero-order valence-electron chi connectivity index (χ0n) is 9.67. The molecule has 0 saturated carbocycles. The van der Waals surface area contributed by atoms with Crippen LogP contribution in [0.2, 0.25) is 0 Å². The third-order valence-electron chi connectivity index (χ3n) is 2.56. The Balaban J connectivity index is 1.90. The number of nitrogens with two attached hydrogens (primary N) is 1. The predicted octanol–water partition coefficient (Wildman–Crippen LogP) is 1.79. The van der Waals surface area contributed by atoms with Gasteiger partial charge in [-0.1, -0.05) is 0 Å². The molecule has 4 N–H and O–H groups in total. The fraction of sp³-hybridized carbons (Fsp3) is 0.154. The average Bonchev–Trinajstić information content (AvgIpc) is 2.90. The van der Waals surface area contributed by atoms with Crippen LogP contribution in [0.5, 0.6) is 0 Å². The van der Waals surface area contributed by atoms with Crippen LogP contribution < -0.4 is 11.1 Å². The molecule has 0 aliphatic heterocycles. The van der Waals surface area contributed by atoms with Crippen LogP contribution in [0.1, 0.15) is 22.0 Å². The van der Waals surface area contributed by atoms with Crippen molar-refractivity contribution in [1.29, 1.82) is 0 Å². The Morgan fingerprint density at radius 2 is 2.06 bits per heavy atom. The summed E-state index contributed by atoms with van der Waals surface area (Å²) in [5.41, 5.74) is 7.50. The number of aliphatic hydroxyl groups excluding tert-OH is 1. The maximum atomic E-state index is 11.8. The normalized spacial score (nSPS) is 12.1. The summed E-state index contributed by atoms with van der Waals surface area (Å²) in [7, 11) is 0. The summed E-state index contributed by atoms with van der Waals surface area (Å²) in [6.45, 7) is 0.194. The first-order valence-electron chi connectivity index (χ1n) is 5.50. The number of amides is 1. The topological polar surface area (TPSA) is 75.4 Å². The van der Waals surface area contributed by atoms with Gasteiger partial charge in [0.15, 0.2) is 0 Å². The highest BCUT2D eigenvalue weighted by atomic mass is 32.1. The van der Waals surface area contributed by atoms with Crippen molar-refractivity contribution in [3.8, 4) is 0 Å². The van der Waals surface area contributed by atoms with Gasteiger partial charge >= 0.3 is 0 Å². The van der Waals surface area contributed by atoms with E-state index >= 15 is 0 Å². The highest BCUT2D eigenvalue weighted by Gasteiger charge is 2.10. The second kappa shape index (κ2) is 5.66. The molecule has 0 bridgehead atoms. The number of benzene rings is 1. The van der Waals surface area contributed by atoms with Gasteiger partial charge in [-0.05, 0) is 46.7 Å². The van der Waals surface area contributed by atoms with E-state index in [1.54, 1.807) is 24.3 Å². The van der Waals surface area contributed by atoms with Gasteiger partial charge in [0.25, 0.3) is 5.91 Å². The molecule has 1 heterocycles. The second-order valence-corrected chi connectivity index (χ2v) is 4.68. The molecule has 0 aliphatic rings. The fourth-order valence-electron chi connectivity index (χ4n) is 1.51. The molecule has 1 unspecified atom stereocenters. The zero-order valence-corrected chi connectivity index (χ0v) is 10.5. The van der Waals surface area contributed by atoms with Crippen LogP contribution in [0.25, 0.3) is 0 Å². The van der Waals surface area contributed by atoms with Gasteiger partial charge in [-0.15, -0.1) is 0 Å². The molecule has 1 atom stereocenters. The average molecular weight is 262 g/mol. The lowest BCUT2D eigenvalue weighted by molar-refractivity contribution is 0.0916. The molecule has 2 rings (SSSR count). The number of nitrogens with one attached hydrogen (secondary N) is 1.